The summed E-state index contributed by atoms with van der Waals surface area (Å²) in [6.45, 7) is 4.42. The van der Waals surface area contributed by atoms with Crippen molar-refractivity contribution < 1.29 is 14.3 Å². The van der Waals surface area contributed by atoms with Gasteiger partial charge in [0.2, 0.25) is 5.91 Å². The monoisotopic (exact) mass is 343 g/mol. The lowest BCUT2D eigenvalue weighted by molar-refractivity contribution is -0.147. The number of fused-ring (bicyclic) bond motifs is 3. The summed E-state index contributed by atoms with van der Waals surface area (Å²) < 4.78 is 12.0. The fourth-order valence-electron chi connectivity index (χ4n) is 3.75. The van der Waals surface area contributed by atoms with E-state index in [1.165, 1.54) is 4.88 Å². The molecule has 2 atom stereocenters. The molecule has 1 saturated heterocycles. The van der Waals surface area contributed by atoms with Crippen LogP contribution in [0.5, 0.6) is 5.75 Å². The van der Waals surface area contributed by atoms with Crippen molar-refractivity contribution in [1.82, 2.24) is 4.90 Å². The molecule has 0 saturated carbocycles. The van der Waals surface area contributed by atoms with Gasteiger partial charge in [0.15, 0.2) is 0 Å². The minimum atomic E-state index is -0.622. The van der Waals surface area contributed by atoms with Crippen molar-refractivity contribution in [2.45, 2.75) is 44.6 Å². The van der Waals surface area contributed by atoms with Gasteiger partial charge in [0.1, 0.15) is 24.2 Å². The first-order valence-corrected chi connectivity index (χ1v) is 9.18. The molecule has 1 amide bonds. The van der Waals surface area contributed by atoms with Gasteiger partial charge in [0, 0.05) is 16.9 Å². The van der Waals surface area contributed by atoms with Crippen LogP contribution in [0.1, 0.15) is 36.8 Å². The molecule has 4 rings (SSSR count). The summed E-state index contributed by atoms with van der Waals surface area (Å²) in [4.78, 5) is 16.2. The SMILES string of the molecule is CC1(C)OC2COc3ccccc3[C@@H]2N1C(=O)CCc1cccs1. The first kappa shape index (κ1) is 15.7. The average Bonchev–Trinajstić information content (AvgIpc) is 3.16. The molecule has 2 aliphatic heterocycles. The highest BCUT2D eigenvalue weighted by atomic mass is 32.1. The molecule has 3 heterocycles. The first-order chi connectivity index (χ1) is 11.6. The number of hydrogen-bond donors (Lipinski definition) is 0. The Morgan fingerprint density at radius 1 is 1.29 bits per heavy atom. The largest absolute Gasteiger partial charge is 0.490 e. The summed E-state index contributed by atoms with van der Waals surface area (Å²) in [5.41, 5.74) is 0.423. The molecule has 2 aliphatic rings. The lowest BCUT2D eigenvalue weighted by Crippen LogP contribution is -2.45. The van der Waals surface area contributed by atoms with Gasteiger partial charge in [0.05, 0.1) is 6.04 Å². The van der Waals surface area contributed by atoms with Gasteiger partial charge < -0.3 is 14.4 Å². The third-order valence-corrected chi connectivity index (χ3v) is 5.66. The smallest absolute Gasteiger partial charge is 0.225 e. The molecule has 0 N–H and O–H groups in total. The molecule has 2 aromatic rings. The van der Waals surface area contributed by atoms with Crippen LogP contribution in [-0.2, 0) is 16.0 Å². The molecule has 1 unspecified atom stereocenters. The molecule has 0 aliphatic carbocycles. The number of hydrogen-bond acceptors (Lipinski definition) is 4. The van der Waals surface area contributed by atoms with Crippen LogP contribution < -0.4 is 4.74 Å². The minimum absolute atomic E-state index is 0.0687. The Labute approximate surface area is 146 Å². The zero-order valence-corrected chi connectivity index (χ0v) is 14.7. The van der Waals surface area contributed by atoms with Crippen LogP contribution in [0.4, 0.5) is 0 Å². The van der Waals surface area contributed by atoms with E-state index in [0.29, 0.717) is 13.0 Å². The van der Waals surface area contributed by atoms with Gasteiger partial charge in [-0.05, 0) is 37.8 Å². The second-order valence-corrected chi connectivity index (χ2v) is 7.77. The van der Waals surface area contributed by atoms with Gasteiger partial charge in [-0.1, -0.05) is 24.3 Å². The summed E-state index contributed by atoms with van der Waals surface area (Å²) in [6.07, 6.45) is 1.17. The van der Waals surface area contributed by atoms with E-state index >= 15 is 0 Å². The number of ether oxygens (including phenoxy) is 2. The predicted octanol–water partition coefficient (Wildman–Crippen LogP) is 3.78. The fraction of sp³-hybridized carbons (Fsp3) is 0.421. The number of carbonyl (C=O) groups excluding carboxylic acids is 1. The van der Waals surface area contributed by atoms with E-state index in [0.717, 1.165) is 17.7 Å². The molecule has 0 spiro atoms. The van der Waals surface area contributed by atoms with Crippen LogP contribution in [0.25, 0.3) is 0 Å². The zero-order valence-electron chi connectivity index (χ0n) is 13.9. The molecule has 0 radical (unpaired) electrons. The average molecular weight is 343 g/mol. The molecular weight excluding hydrogens is 322 g/mol. The van der Waals surface area contributed by atoms with E-state index in [-0.39, 0.29) is 18.1 Å². The van der Waals surface area contributed by atoms with Crippen molar-refractivity contribution >= 4 is 17.2 Å². The molecular formula is C19H21NO3S. The number of nitrogens with zero attached hydrogens (tertiary/aromatic N) is 1. The van der Waals surface area contributed by atoms with Crippen molar-refractivity contribution in [3.05, 3.63) is 52.2 Å². The first-order valence-electron chi connectivity index (χ1n) is 8.30. The number of rotatable bonds is 3. The second kappa shape index (κ2) is 5.90. The van der Waals surface area contributed by atoms with E-state index in [2.05, 4.69) is 6.07 Å². The third kappa shape index (κ3) is 2.62. The Hall–Kier alpha value is -1.85. The van der Waals surface area contributed by atoms with Crippen LogP contribution in [0, 0.1) is 0 Å². The van der Waals surface area contributed by atoms with Crippen molar-refractivity contribution in [3.8, 4) is 5.75 Å². The van der Waals surface area contributed by atoms with Crippen molar-refractivity contribution in [2.75, 3.05) is 6.61 Å². The quantitative estimate of drug-likeness (QED) is 0.851. The Bertz CT molecular complexity index is 741. The van der Waals surface area contributed by atoms with Crippen LogP contribution in [0.2, 0.25) is 0 Å². The Balaban J connectivity index is 1.61. The van der Waals surface area contributed by atoms with Crippen LogP contribution in [0.15, 0.2) is 41.8 Å². The highest BCUT2D eigenvalue weighted by molar-refractivity contribution is 7.09. The van der Waals surface area contributed by atoms with Crippen molar-refractivity contribution in [1.29, 1.82) is 0 Å². The molecule has 0 bridgehead atoms. The van der Waals surface area contributed by atoms with Crippen molar-refractivity contribution in [2.24, 2.45) is 0 Å². The third-order valence-electron chi connectivity index (χ3n) is 4.73. The zero-order chi connectivity index (χ0) is 16.7. The van der Waals surface area contributed by atoms with Gasteiger partial charge >= 0.3 is 0 Å². The highest BCUT2D eigenvalue weighted by Gasteiger charge is 2.52. The number of benzene rings is 1. The van der Waals surface area contributed by atoms with E-state index in [1.54, 1.807) is 11.3 Å². The molecule has 4 nitrogen and oxygen atoms in total. The molecule has 1 aromatic carbocycles. The Kier molecular flexibility index (Phi) is 3.85. The van der Waals surface area contributed by atoms with Crippen molar-refractivity contribution in [3.63, 3.8) is 0 Å². The van der Waals surface area contributed by atoms with E-state index < -0.39 is 5.72 Å². The van der Waals surface area contributed by atoms with Crippen LogP contribution in [-0.4, -0.2) is 29.2 Å². The summed E-state index contributed by atoms with van der Waals surface area (Å²) in [5.74, 6) is 0.994. The molecule has 1 fully saturated rings. The molecule has 5 heteroatoms. The number of amides is 1. The molecule has 1 aromatic heterocycles. The lowest BCUT2D eigenvalue weighted by Gasteiger charge is -2.35. The number of aryl methyl sites for hydroxylation is 1. The maximum Gasteiger partial charge on any atom is 0.225 e. The standard InChI is InChI=1S/C19H21NO3S/c1-19(2)20(17(21)10-9-13-6-5-11-24-13)18-14-7-3-4-8-15(14)22-12-16(18)23-19/h3-8,11,16,18H,9-10,12H2,1-2H3/t16?,18-/m0/s1. The maximum absolute atomic E-state index is 13.0. The van der Waals surface area contributed by atoms with Gasteiger partial charge in [0.25, 0.3) is 0 Å². The van der Waals surface area contributed by atoms with E-state index in [9.17, 15) is 4.79 Å². The van der Waals surface area contributed by atoms with E-state index in [1.807, 2.05) is 54.5 Å². The Morgan fingerprint density at radius 3 is 2.92 bits per heavy atom. The van der Waals surface area contributed by atoms with Gasteiger partial charge in [-0.25, -0.2) is 0 Å². The topological polar surface area (TPSA) is 38.8 Å². The van der Waals surface area contributed by atoms with Crippen LogP contribution >= 0.6 is 11.3 Å². The minimum Gasteiger partial charge on any atom is -0.490 e. The predicted molar refractivity (Wildman–Crippen MR) is 93.1 cm³/mol. The summed E-state index contributed by atoms with van der Waals surface area (Å²) in [5, 5.41) is 2.05. The number of thiophene rings is 1. The van der Waals surface area contributed by atoms with E-state index in [4.69, 9.17) is 9.47 Å². The maximum atomic E-state index is 13.0. The van der Waals surface area contributed by atoms with Crippen LogP contribution in [0.3, 0.4) is 0 Å². The second-order valence-electron chi connectivity index (χ2n) is 6.74. The highest BCUT2D eigenvalue weighted by Crippen LogP contribution is 2.47. The lowest BCUT2D eigenvalue weighted by atomic mass is 9.96. The number of para-hydroxylation sites is 1. The van der Waals surface area contributed by atoms with Gasteiger partial charge in [-0.2, -0.15) is 0 Å². The summed E-state index contributed by atoms with van der Waals surface area (Å²) >= 11 is 1.70. The number of carbonyl (C=O) groups is 1. The summed E-state index contributed by atoms with van der Waals surface area (Å²) in [7, 11) is 0. The fourth-order valence-corrected chi connectivity index (χ4v) is 4.46. The summed E-state index contributed by atoms with van der Waals surface area (Å²) in [6, 6.07) is 12.0. The van der Waals surface area contributed by atoms with Gasteiger partial charge in [-0.3, -0.25) is 4.79 Å². The van der Waals surface area contributed by atoms with Gasteiger partial charge in [-0.15, -0.1) is 11.3 Å². The molecule has 126 valence electrons. The normalized spacial score (nSPS) is 24.2. The Morgan fingerprint density at radius 2 is 2.12 bits per heavy atom. The molecule has 24 heavy (non-hydrogen) atoms.